The van der Waals surface area contributed by atoms with Crippen LogP contribution in [0.2, 0.25) is 0 Å². The zero-order valence-electron chi connectivity index (χ0n) is 9.26. The van der Waals surface area contributed by atoms with Crippen LogP contribution in [0.5, 0.6) is 5.75 Å². The molecule has 2 atom stereocenters. The van der Waals surface area contributed by atoms with E-state index >= 15 is 0 Å². The Morgan fingerprint density at radius 2 is 2.00 bits per heavy atom. The molecule has 86 valence electrons. The highest BCUT2D eigenvalue weighted by atomic mass is 16.3. The van der Waals surface area contributed by atoms with Gasteiger partial charge in [0.15, 0.2) is 0 Å². The Kier molecular flexibility index (Phi) is 3.27. The summed E-state index contributed by atoms with van der Waals surface area (Å²) in [6, 6.07) is 7.25. The molecule has 0 heterocycles. The van der Waals surface area contributed by atoms with Crippen LogP contribution < -0.4 is 11.5 Å². The summed E-state index contributed by atoms with van der Waals surface area (Å²) in [4.78, 5) is 0. The molecular weight excluding hydrogens is 200 g/mol. The van der Waals surface area contributed by atoms with Crippen LogP contribution in [0, 0.1) is 0 Å². The van der Waals surface area contributed by atoms with E-state index in [-0.39, 0.29) is 12.1 Å². The van der Waals surface area contributed by atoms with E-state index in [1.807, 2.05) is 24.3 Å². The minimum atomic E-state index is -0.0756. The highest BCUT2D eigenvalue weighted by Crippen LogP contribution is 2.26. The molecule has 0 aromatic heterocycles. The highest BCUT2D eigenvalue weighted by Gasteiger charge is 2.22. The summed E-state index contributed by atoms with van der Waals surface area (Å²) in [6.07, 6.45) is 5.01. The van der Waals surface area contributed by atoms with E-state index < -0.39 is 0 Å². The summed E-state index contributed by atoms with van der Waals surface area (Å²) in [5.74, 6) is 0.293. The van der Waals surface area contributed by atoms with Crippen molar-refractivity contribution in [1.29, 1.82) is 0 Å². The number of para-hydroxylation sites is 1. The molecule has 2 unspecified atom stereocenters. The summed E-state index contributed by atoms with van der Waals surface area (Å²) in [7, 11) is 0. The number of hydrogen-bond donors (Lipinski definition) is 3. The lowest BCUT2D eigenvalue weighted by atomic mass is 9.86. The average molecular weight is 218 g/mol. The molecule has 1 aliphatic carbocycles. The van der Waals surface area contributed by atoms with Gasteiger partial charge in [-0.15, -0.1) is 0 Å². The summed E-state index contributed by atoms with van der Waals surface area (Å²) in [5, 5.41) is 9.68. The van der Waals surface area contributed by atoms with E-state index in [9.17, 15) is 5.11 Å². The van der Waals surface area contributed by atoms with E-state index in [4.69, 9.17) is 11.5 Å². The molecule has 0 saturated heterocycles. The maximum absolute atomic E-state index is 9.68. The fourth-order valence-corrected chi connectivity index (χ4v) is 2.14. The Morgan fingerprint density at radius 3 is 2.75 bits per heavy atom. The van der Waals surface area contributed by atoms with Crippen LogP contribution in [-0.4, -0.2) is 17.2 Å². The first-order valence-corrected chi connectivity index (χ1v) is 5.68. The molecule has 1 fully saturated rings. The van der Waals surface area contributed by atoms with Crippen LogP contribution in [0.25, 0.3) is 6.08 Å². The smallest absolute Gasteiger partial charge is 0.122 e. The predicted octanol–water partition coefficient (Wildman–Crippen LogP) is 1.61. The van der Waals surface area contributed by atoms with Crippen molar-refractivity contribution in [3.63, 3.8) is 0 Å². The number of nitrogens with two attached hydrogens (primary N) is 2. The van der Waals surface area contributed by atoms with Gasteiger partial charge in [0, 0.05) is 17.6 Å². The van der Waals surface area contributed by atoms with E-state index in [0.717, 1.165) is 30.4 Å². The van der Waals surface area contributed by atoms with Gasteiger partial charge < -0.3 is 16.6 Å². The standard InChI is InChI=1S/C13H18N2O/c14-11-6-3-5-10(13(11)15)8-9-4-1-2-7-12(9)16/h1-2,4,7-8,11,13,16H,3,5-6,14-15H2. The molecule has 16 heavy (non-hydrogen) atoms. The molecule has 0 radical (unpaired) electrons. The normalized spacial score (nSPS) is 28.2. The zero-order chi connectivity index (χ0) is 11.5. The van der Waals surface area contributed by atoms with Crippen LogP contribution in [0.15, 0.2) is 29.8 Å². The summed E-state index contributed by atoms with van der Waals surface area (Å²) >= 11 is 0. The third-order valence-corrected chi connectivity index (χ3v) is 3.17. The van der Waals surface area contributed by atoms with Crippen molar-refractivity contribution in [1.82, 2.24) is 0 Å². The molecule has 1 aromatic carbocycles. The van der Waals surface area contributed by atoms with Gasteiger partial charge in [0.1, 0.15) is 5.75 Å². The third-order valence-electron chi connectivity index (χ3n) is 3.17. The van der Waals surface area contributed by atoms with Crippen molar-refractivity contribution in [3.8, 4) is 5.75 Å². The van der Waals surface area contributed by atoms with Gasteiger partial charge in [-0.25, -0.2) is 0 Å². The third kappa shape index (κ3) is 2.26. The van der Waals surface area contributed by atoms with Crippen molar-refractivity contribution in [2.24, 2.45) is 11.5 Å². The molecule has 2 rings (SSSR count). The van der Waals surface area contributed by atoms with Crippen molar-refractivity contribution in [2.45, 2.75) is 31.3 Å². The fourth-order valence-electron chi connectivity index (χ4n) is 2.14. The Hall–Kier alpha value is -1.32. The van der Waals surface area contributed by atoms with Gasteiger partial charge in [-0.05, 0) is 25.3 Å². The largest absolute Gasteiger partial charge is 0.507 e. The quantitative estimate of drug-likeness (QED) is 0.670. The Balaban J connectivity index is 2.26. The first-order chi connectivity index (χ1) is 7.68. The van der Waals surface area contributed by atoms with Gasteiger partial charge in [0.2, 0.25) is 0 Å². The Bertz CT molecular complexity index is 401. The molecule has 0 aliphatic heterocycles. The lowest BCUT2D eigenvalue weighted by Crippen LogP contribution is -2.45. The lowest BCUT2D eigenvalue weighted by Gasteiger charge is -2.28. The highest BCUT2D eigenvalue weighted by molar-refractivity contribution is 5.60. The topological polar surface area (TPSA) is 72.3 Å². The fraction of sp³-hybridized carbons (Fsp3) is 0.385. The van der Waals surface area contributed by atoms with E-state index in [1.54, 1.807) is 6.07 Å². The Morgan fingerprint density at radius 1 is 1.25 bits per heavy atom. The number of hydrogen-bond acceptors (Lipinski definition) is 3. The number of benzene rings is 1. The second kappa shape index (κ2) is 4.68. The van der Waals surface area contributed by atoms with Crippen LogP contribution in [0.1, 0.15) is 24.8 Å². The summed E-state index contributed by atoms with van der Waals surface area (Å²) in [6.45, 7) is 0. The number of phenols is 1. The number of phenolic OH excluding ortho intramolecular Hbond substituents is 1. The van der Waals surface area contributed by atoms with E-state index in [0.29, 0.717) is 5.75 Å². The maximum atomic E-state index is 9.68. The number of rotatable bonds is 1. The van der Waals surface area contributed by atoms with Crippen molar-refractivity contribution >= 4 is 6.08 Å². The summed E-state index contributed by atoms with van der Waals surface area (Å²) < 4.78 is 0. The Labute approximate surface area is 95.8 Å². The molecule has 0 bridgehead atoms. The first kappa shape index (κ1) is 11.2. The van der Waals surface area contributed by atoms with E-state index in [2.05, 4.69) is 0 Å². The molecule has 5 N–H and O–H groups in total. The molecule has 1 aromatic rings. The van der Waals surface area contributed by atoms with Gasteiger partial charge in [-0.3, -0.25) is 0 Å². The van der Waals surface area contributed by atoms with Crippen LogP contribution in [0.4, 0.5) is 0 Å². The van der Waals surface area contributed by atoms with Gasteiger partial charge in [-0.2, -0.15) is 0 Å². The van der Waals surface area contributed by atoms with Crippen molar-refractivity contribution < 1.29 is 5.11 Å². The monoisotopic (exact) mass is 218 g/mol. The summed E-state index contributed by atoms with van der Waals surface area (Å²) in [5.41, 5.74) is 13.9. The maximum Gasteiger partial charge on any atom is 0.122 e. The zero-order valence-corrected chi connectivity index (χ0v) is 9.26. The van der Waals surface area contributed by atoms with Crippen LogP contribution in [0.3, 0.4) is 0 Å². The van der Waals surface area contributed by atoms with Crippen LogP contribution >= 0.6 is 0 Å². The molecular formula is C13H18N2O. The minimum Gasteiger partial charge on any atom is -0.507 e. The second-order valence-electron chi connectivity index (χ2n) is 4.36. The molecule has 1 saturated carbocycles. The molecule has 3 nitrogen and oxygen atoms in total. The molecule has 1 aliphatic rings. The molecule has 3 heteroatoms. The minimum absolute atomic E-state index is 0.0471. The van der Waals surface area contributed by atoms with E-state index in [1.165, 1.54) is 0 Å². The molecule has 0 spiro atoms. The van der Waals surface area contributed by atoms with Gasteiger partial charge in [0.25, 0.3) is 0 Å². The first-order valence-electron chi connectivity index (χ1n) is 5.68. The SMILES string of the molecule is NC1CCCC(=Cc2ccccc2O)C1N. The second-order valence-corrected chi connectivity index (χ2v) is 4.36. The van der Waals surface area contributed by atoms with Gasteiger partial charge >= 0.3 is 0 Å². The van der Waals surface area contributed by atoms with Crippen LogP contribution in [-0.2, 0) is 0 Å². The van der Waals surface area contributed by atoms with Crippen molar-refractivity contribution in [2.75, 3.05) is 0 Å². The lowest BCUT2D eigenvalue weighted by molar-refractivity contribution is 0.462. The number of aromatic hydroxyl groups is 1. The van der Waals surface area contributed by atoms with Gasteiger partial charge in [-0.1, -0.05) is 29.8 Å². The predicted molar refractivity (Wildman–Crippen MR) is 65.9 cm³/mol. The van der Waals surface area contributed by atoms with Crippen molar-refractivity contribution in [3.05, 3.63) is 35.4 Å². The average Bonchev–Trinajstić information content (AvgIpc) is 2.28. The molecule has 0 amide bonds. The van der Waals surface area contributed by atoms with Gasteiger partial charge in [0.05, 0.1) is 0 Å².